The molecule has 2 heterocycles. The van der Waals surface area contributed by atoms with E-state index < -0.39 is 120 Å². The molecule has 8 unspecified atom stereocenters. The zero-order valence-corrected chi connectivity index (χ0v) is 29.8. The van der Waals surface area contributed by atoms with Gasteiger partial charge in [-0.25, -0.2) is 36.4 Å². The Bertz CT molecular complexity index is 1060. The molecule has 0 N–H and O–H groups in total. The molecule has 0 amide bonds. The number of methoxy groups -OCH3 is 1. The van der Waals surface area contributed by atoms with Crippen molar-refractivity contribution in [2.75, 3.05) is 20.3 Å². The van der Waals surface area contributed by atoms with Crippen LogP contribution in [0.25, 0.3) is 0 Å². The Hall–Kier alpha value is 0.530. The standard InChI is InChI=1S/C13H24O32S7/c1-25-12-10(33-44-51(21)22)8(31-42-49(17)18)6(4(28-12)2-26-46-39-36-14)30-13-11(34-45-52(23)24)9(32-43-50(19)20)7(35-48-41-38-16)5(29-13)3-27-47-40-37-15/h4-16H,2-3H2,1H3,(H,17,18)(H,19,20)(H,21,22)(H,23,24)/p-7/t4?,5?,6-,7-,8-,9-,10?,11?,12+,13-/m0/s1. The highest BCUT2D eigenvalue weighted by Crippen LogP contribution is 2.37. The van der Waals surface area contributed by atoms with Crippen LogP contribution in [0.1, 0.15) is 0 Å². The van der Waals surface area contributed by atoms with E-state index in [9.17, 15) is 50.8 Å². The van der Waals surface area contributed by atoms with Gasteiger partial charge in [0, 0.05) is 7.11 Å². The summed E-state index contributed by atoms with van der Waals surface area (Å²) in [5, 5.41) is 40.0. The number of rotatable bonds is 29. The summed E-state index contributed by atoms with van der Waals surface area (Å²) < 4.78 is 155. The van der Waals surface area contributed by atoms with E-state index in [4.69, 9.17) is 51.0 Å². The van der Waals surface area contributed by atoms with E-state index in [2.05, 4.69) is 45.5 Å². The zero-order valence-electron chi connectivity index (χ0n) is 24.1. The highest BCUT2D eigenvalue weighted by Gasteiger charge is 2.57. The van der Waals surface area contributed by atoms with Crippen LogP contribution in [0, 0.1) is 0 Å². The van der Waals surface area contributed by atoms with Crippen LogP contribution in [-0.4, -0.2) is 117 Å². The molecule has 2 saturated heterocycles. The van der Waals surface area contributed by atoms with Gasteiger partial charge in [-0.15, -0.1) is 30.3 Å². The normalized spacial score (nSPS) is 32.0. The molecule has 0 aromatic heterocycles. The highest BCUT2D eigenvalue weighted by molar-refractivity contribution is 7.90. The van der Waals surface area contributed by atoms with Gasteiger partial charge in [0.1, 0.15) is 69.9 Å². The van der Waals surface area contributed by atoms with Crippen molar-refractivity contribution in [3.63, 3.8) is 0 Å². The minimum absolute atomic E-state index is 0.102. The lowest BCUT2D eigenvalue weighted by atomic mass is 9.97. The summed E-state index contributed by atoms with van der Waals surface area (Å²) in [4.78, 5) is 19.2. The van der Waals surface area contributed by atoms with Crippen LogP contribution in [0.2, 0.25) is 0 Å². The van der Waals surface area contributed by atoms with Gasteiger partial charge in [-0.3, -0.25) is 27.7 Å². The Morgan fingerprint density at radius 3 is 1.37 bits per heavy atom. The average Bonchev–Trinajstić information content (AvgIpc) is 3.09. The average molecular weight is 910 g/mol. The van der Waals surface area contributed by atoms with Gasteiger partial charge in [0.05, 0.1) is 13.2 Å². The topological polar surface area (TPSA) is 424 Å². The van der Waals surface area contributed by atoms with Crippen molar-refractivity contribution >= 4 is 82.4 Å². The minimum Gasteiger partial charge on any atom is -0.748 e. The van der Waals surface area contributed by atoms with Gasteiger partial charge in [-0.05, 0) is 0 Å². The van der Waals surface area contributed by atoms with Gasteiger partial charge in [0.2, 0.25) is 0 Å². The molecular weight excluding hydrogens is 893 g/mol. The van der Waals surface area contributed by atoms with E-state index >= 15 is 0 Å². The lowest BCUT2D eigenvalue weighted by Crippen LogP contribution is -2.66. The molecule has 14 atom stereocenters. The second kappa shape index (κ2) is 28.0. The zero-order chi connectivity index (χ0) is 38.5. The second-order valence-electron chi connectivity index (χ2n) is 8.00. The first kappa shape index (κ1) is 48.7. The quantitative estimate of drug-likeness (QED) is 0.0221. The van der Waals surface area contributed by atoms with Crippen molar-refractivity contribution in [2.24, 2.45) is 0 Å². The third-order valence-corrected chi connectivity index (χ3v) is 7.27. The van der Waals surface area contributed by atoms with E-state index in [1.165, 1.54) is 0 Å². The maximum Gasteiger partial charge on any atom is 0.194 e. The van der Waals surface area contributed by atoms with Gasteiger partial charge in [-0.1, -0.05) is 0 Å². The molecule has 39 heteroatoms. The van der Waals surface area contributed by atoms with Crippen molar-refractivity contribution in [1.29, 1.82) is 0 Å². The van der Waals surface area contributed by atoms with Crippen LogP contribution in [0.3, 0.4) is 0 Å². The molecule has 2 aliphatic rings. The predicted octanol–water partition coefficient (Wildman–Crippen LogP) is -6.31. The lowest BCUT2D eigenvalue weighted by molar-refractivity contribution is -0.777. The molecule has 0 spiro atoms. The van der Waals surface area contributed by atoms with E-state index in [1.54, 1.807) is 0 Å². The molecule has 52 heavy (non-hydrogen) atoms. The maximum absolute atomic E-state index is 11.3. The van der Waals surface area contributed by atoms with Gasteiger partial charge >= 0.3 is 0 Å². The van der Waals surface area contributed by atoms with Gasteiger partial charge < -0.3 is 52.9 Å². The van der Waals surface area contributed by atoms with Crippen molar-refractivity contribution < 1.29 is 147 Å². The van der Waals surface area contributed by atoms with Crippen LogP contribution < -0.4 is 15.8 Å². The molecule has 2 aliphatic heterocycles. The fraction of sp³-hybridized carbons (Fsp3) is 1.00. The van der Waals surface area contributed by atoms with Gasteiger partial charge in [0.25, 0.3) is 0 Å². The molecule has 32 nitrogen and oxygen atoms in total. The van der Waals surface area contributed by atoms with Crippen molar-refractivity contribution in [3.8, 4) is 0 Å². The largest absolute Gasteiger partial charge is 0.748 e. The molecule has 0 aromatic rings. The minimum atomic E-state index is -3.54. The molecular formula is C13H17O32S7-7. The molecule has 0 bridgehead atoms. The summed E-state index contributed by atoms with van der Waals surface area (Å²) in [5.41, 5.74) is 0. The maximum atomic E-state index is 11.3. The molecule has 2 fully saturated rings. The molecule has 0 aromatic carbocycles. The molecule has 0 aliphatic carbocycles. The Morgan fingerprint density at radius 2 is 0.923 bits per heavy atom. The van der Waals surface area contributed by atoms with Crippen molar-refractivity contribution in [3.05, 3.63) is 0 Å². The molecule has 2 rings (SSSR count). The predicted molar refractivity (Wildman–Crippen MR) is 135 cm³/mol. The van der Waals surface area contributed by atoms with Crippen LogP contribution in [0.4, 0.5) is 0 Å². The van der Waals surface area contributed by atoms with Crippen molar-refractivity contribution in [2.45, 2.75) is 61.4 Å². The van der Waals surface area contributed by atoms with Gasteiger partial charge in [-0.2, -0.15) is 0 Å². The van der Waals surface area contributed by atoms with Crippen LogP contribution >= 0.6 is 37.0 Å². The first-order chi connectivity index (χ1) is 25.0. The summed E-state index contributed by atoms with van der Waals surface area (Å²) >= 11 is -14.5. The summed E-state index contributed by atoms with van der Waals surface area (Å²) in [6, 6.07) is 0. The summed E-state index contributed by atoms with van der Waals surface area (Å²) in [7, 11) is 0.960. The second-order valence-corrected chi connectivity index (χ2v) is 11.7. The fourth-order valence-corrected chi connectivity index (χ4v) is 5.32. The monoisotopic (exact) mass is 909 g/mol. The summed E-state index contributed by atoms with van der Waals surface area (Å²) in [6.45, 7) is -1.67. The fourth-order valence-electron chi connectivity index (χ4n) is 3.82. The Labute approximate surface area is 310 Å². The lowest BCUT2D eigenvalue weighted by Gasteiger charge is -2.47. The van der Waals surface area contributed by atoms with Crippen molar-refractivity contribution in [1.82, 2.24) is 0 Å². The van der Waals surface area contributed by atoms with E-state index in [1.807, 2.05) is 0 Å². The molecule has 310 valence electrons. The Kier molecular flexibility index (Phi) is 26.2. The number of ether oxygens (including phenoxy) is 4. The van der Waals surface area contributed by atoms with Gasteiger partial charge in [0.15, 0.2) is 74.0 Å². The van der Waals surface area contributed by atoms with E-state index in [0.29, 0.717) is 0 Å². The third-order valence-electron chi connectivity index (χ3n) is 5.41. The van der Waals surface area contributed by atoms with E-state index in [0.717, 1.165) is 7.11 Å². The number of hydrogen-bond acceptors (Lipinski definition) is 35. The first-order valence-corrected chi connectivity index (χ1v) is 18.0. The molecule has 0 saturated carbocycles. The Balaban J connectivity index is 2.67. The Morgan fingerprint density at radius 1 is 0.538 bits per heavy atom. The van der Waals surface area contributed by atoms with Crippen LogP contribution in [-0.2, 0) is 142 Å². The van der Waals surface area contributed by atoms with Crippen LogP contribution in [0.15, 0.2) is 0 Å². The third kappa shape index (κ3) is 17.8. The van der Waals surface area contributed by atoms with E-state index in [-0.39, 0.29) is 37.0 Å². The SMILES string of the molecule is CO[C@@H]1OC(COSOO[O-])[C@H](O[C@@H]2OC(COSOO[O-])[C@H](OSOO[O-])[C@H](OOS(=O)[O-])C2OOS(=O)[O-])[C@H](OOS(=O)[O-])C1OOS(=O)[O-]. The summed E-state index contributed by atoms with van der Waals surface area (Å²) in [6.07, 6.45) is -20.2. The first-order valence-electron chi connectivity index (χ1n) is 12.0. The highest BCUT2D eigenvalue weighted by atomic mass is 32.2. The van der Waals surface area contributed by atoms with Crippen LogP contribution in [0.5, 0.6) is 0 Å². The molecule has 0 radical (unpaired) electrons. The summed E-state index contributed by atoms with van der Waals surface area (Å²) in [5.74, 6) is 0. The number of hydrogen-bond donors (Lipinski definition) is 0. The smallest absolute Gasteiger partial charge is 0.194 e.